The van der Waals surface area contributed by atoms with Crippen molar-refractivity contribution >= 4 is 21.8 Å². The van der Waals surface area contributed by atoms with E-state index in [-0.39, 0.29) is 11.9 Å². The highest BCUT2D eigenvalue weighted by molar-refractivity contribution is 9.10. The zero-order chi connectivity index (χ0) is 12.1. The van der Waals surface area contributed by atoms with Gasteiger partial charge < -0.3 is 10.6 Å². The molecule has 1 amide bonds. The molecule has 0 bridgehead atoms. The molecule has 1 fully saturated rings. The average Bonchev–Trinajstić information content (AvgIpc) is 2.85. The van der Waals surface area contributed by atoms with E-state index in [9.17, 15) is 4.79 Å². The molecule has 0 spiro atoms. The first kappa shape index (κ1) is 12.6. The van der Waals surface area contributed by atoms with Crippen molar-refractivity contribution in [1.82, 2.24) is 10.6 Å². The number of halogens is 1. The van der Waals surface area contributed by atoms with E-state index in [4.69, 9.17) is 0 Å². The molecule has 92 valence electrons. The van der Waals surface area contributed by atoms with Crippen molar-refractivity contribution in [2.45, 2.75) is 25.3 Å². The predicted octanol–water partition coefficient (Wildman–Crippen LogP) is 1.86. The number of nitrogens with one attached hydrogen (secondary N) is 2. The monoisotopic (exact) mass is 296 g/mol. The molecule has 1 aromatic carbocycles. The van der Waals surface area contributed by atoms with Gasteiger partial charge in [-0.05, 0) is 37.4 Å². The van der Waals surface area contributed by atoms with Crippen LogP contribution >= 0.6 is 15.9 Å². The Bertz CT molecular complexity index is 389. The van der Waals surface area contributed by atoms with Crippen LogP contribution in [-0.4, -0.2) is 25.0 Å². The summed E-state index contributed by atoms with van der Waals surface area (Å²) in [5.41, 5.74) is 1.23. The van der Waals surface area contributed by atoms with Crippen molar-refractivity contribution in [3.05, 3.63) is 34.3 Å². The first-order valence-electron chi connectivity index (χ1n) is 6.02. The number of benzene rings is 1. The van der Waals surface area contributed by atoms with Gasteiger partial charge in [-0.15, -0.1) is 0 Å². The maximum Gasteiger partial charge on any atom is 0.237 e. The Morgan fingerprint density at radius 1 is 1.47 bits per heavy atom. The summed E-state index contributed by atoms with van der Waals surface area (Å²) in [6.07, 6.45) is 2.92. The van der Waals surface area contributed by atoms with Crippen molar-refractivity contribution in [2.75, 3.05) is 13.1 Å². The quantitative estimate of drug-likeness (QED) is 0.890. The molecular formula is C13H17BrN2O. The summed E-state index contributed by atoms with van der Waals surface area (Å²) in [5.74, 6) is 0.134. The molecule has 1 saturated heterocycles. The van der Waals surface area contributed by atoms with E-state index in [1.54, 1.807) is 0 Å². The van der Waals surface area contributed by atoms with Crippen molar-refractivity contribution in [3.63, 3.8) is 0 Å². The van der Waals surface area contributed by atoms with Crippen molar-refractivity contribution in [1.29, 1.82) is 0 Å². The van der Waals surface area contributed by atoms with E-state index >= 15 is 0 Å². The molecular weight excluding hydrogens is 280 g/mol. The molecule has 0 saturated carbocycles. The smallest absolute Gasteiger partial charge is 0.237 e. The van der Waals surface area contributed by atoms with Gasteiger partial charge >= 0.3 is 0 Å². The first-order valence-corrected chi connectivity index (χ1v) is 6.81. The lowest BCUT2D eigenvalue weighted by Crippen LogP contribution is -2.41. The first-order chi connectivity index (χ1) is 8.27. The zero-order valence-electron chi connectivity index (χ0n) is 9.71. The van der Waals surface area contributed by atoms with Crippen molar-refractivity contribution < 1.29 is 4.79 Å². The third kappa shape index (κ3) is 3.54. The molecule has 2 rings (SSSR count). The highest BCUT2D eigenvalue weighted by Gasteiger charge is 2.21. The summed E-state index contributed by atoms with van der Waals surface area (Å²) >= 11 is 3.50. The van der Waals surface area contributed by atoms with E-state index in [0.29, 0.717) is 6.54 Å². The second-order valence-corrected chi connectivity index (χ2v) is 5.14. The second kappa shape index (κ2) is 6.17. The number of carbonyl (C=O) groups excluding carboxylic acids is 1. The number of hydrogen-bond acceptors (Lipinski definition) is 2. The molecule has 3 nitrogen and oxygen atoms in total. The van der Waals surface area contributed by atoms with Crippen LogP contribution in [0.1, 0.15) is 18.4 Å². The normalized spacial score (nSPS) is 19.2. The zero-order valence-corrected chi connectivity index (χ0v) is 11.3. The molecule has 0 radical (unpaired) electrons. The van der Waals surface area contributed by atoms with Gasteiger partial charge in [0.2, 0.25) is 5.91 Å². The van der Waals surface area contributed by atoms with E-state index in [2.05, 4.69) is 32.6 Å². The lowest BCUT2D eigenvalue weighted by atomic mass is 10.1. The summed E-state index contributed by atoms with van der Waals surface area (Å²) in [6.45, 7) is 1.65. The second-order valence-electron chi connectivity index (χ2n) is 4.28. The topological polar surface area (TPSA) is 41.1 Å². The Labute approximate surface area is 110 Å². The Kier molecular flexibility index (Phi) is 4.57. The van der Waals surface area contributed by atoms with Crippen LogP contribution in [0.4, 0.5) is 0 Å². The molecule has 0 aliphatic carbocycles. The van der Waals surface area contributed by atoms with Crippen LogP contribution in [-0.2, 0) is 11.2 Å². The lowest BCUT2D eigenvalue weighted by molar-refractivity contribution is -0.122. The van der Waals surface area contributed by atoms with Gasteiger partial charge in [-0.3, -0.25) is 4.79 Å². The highest BCUT2D eigenvalue weighted by atomic mass is 79.9. The molecule has 1 unspecified atom stereocenters. The molecule has 1 aromatic rings. The summed E-state index contributed by atoms with van der Waals surface area (Å²) in [6, 6.07) is 8.13. The van der Waals surface area contributed by atoms with Crippen LogP contribution < -0.4 is 10.6 Å². The lowest BCUT2D eigenvalue weighted by Gasteiger charge is -2.11. The summed E-state index contributed by atoms with van der Waals surface area (Å²) < 4.78 is 1.10. The Morgan fingerprint density at radius 3 is 3.00 bits per heavy atom. The van der Waals surface area contributed by atoms with Crippen LogP contribution in [0.15, 0.2) is 28.7 Å². The fourth-order valence-electron chi connectivity index (χ4n) is 2.05. The number of amides is 1. The van der Waals surface area contributed by atoms with Gasteiger partial charge in [0.1, 0.15) is 0 Å². The van der Waals surface area contributed by atoms with E-state index in [1.165, 1.54) is 5.56 Å². The van der Waals surface area contributed by atoms with Gasteiger partial charge in [-0.1, -0.05) is 34.1 Å². The summed E-state index contributed by atoms with van der Waals surface area (Å²) in [7, 11) is 0. The molecule has 1 aliphatic rings. The fourth-order valence-corrected chi connectivity index (χ4v) is 2.54. The molecule has 0 aromatic heterocycles. The van der Waals surface area contributed by atoms with Gasteiger partial charge in [0.15, 0.2) is 0 Å². The van der Waals surface area contributed by atoms with E-state index < -0.39 is 0 Å². The molecule has 17 heavy (non-hydrogen) atoms. The van der Waals surface area contributed by atoms with Crippen molar-refractivity contribution in [3.8, 4) is 0 Å². The minimum atomic E-state index is 0.0224. The van der Waals surface area contributed by atoms with Crippen molar-refractivity contribution in [2.24, 2.45) is 0 Å². The highest BCUT2D eigenvalue weighted by Crippen LogP contribution is 2.15. The standard InChI is InChI=1S/C13H17BrN2O/c14-11-5-2-1-4-10(11)7-9-16-13(17)12-6-3-8-15-12/h1-2,4-5,12,15H,3,6-9H2,(H,16,17). The predicted molar refractivity (Wildman–Crippen MR) is 71.9 cm³/mol. The van der Waals surface area contributed by atoms with Gasteiger partial charge in [0.05, 0.1) is 6.04 Å². The number of hydrogen-bond donors (Lipinski definition) is 2. The Morgan fingerprint density at radius 2 is 2.29 bits per heavy atom. The Hall–Kier alpha value is -0.870. The SMILES string of the molecule is O=C(NCCc1ccccc1Br)C1CCCN1. The number of carbonyl (C=O) groups is 1. The summed E-state index contributed by atoms with van der Waals surface area (Å²) in [5, 5.41) is 6.17. The molecule has 4 heteroatoms. The third-order valence-corrected chi connectivity index (χ3v) is 3.80. The van der Waals surface area contributed by atoms with E-state index in [1.807, 2.05) is 18.2 Å². The van der Waals surface area contributed by atoms with Crippen LogP contribution in [0.25, 0.3) is 0 Å². The Balaban J connectivity index is 1.76. The minimum Gasteiger partial charge on any atom is -0.354 e. The molecule has 1 aliphatic heterocycles. The minimum absolute atomic E-state index is 0.0224. The van der Waals surface area contributed by atoms with Crippen LogP contribution in [0.2, 0.25) is 0 Å². The van der Waals surface area contributed by atoms with Crippen LogP contribution in [0.3, 0.4) is 0 Å². The average molecular weight is 297 g/mol. The van der Waals surface area contributed by atoms with Gasteiger partial charge in [-0.2, -0.15) is 0 Å². The van der Waals surface area contributed by atoms with Crippen LogP contribution in [0.5, 0.6) is 0 Å². The fraction of sp³-hybridized carbons (Fsp3) is 0.462. The van der Waals surface area contributed by atoms with Gasteiger partial charge in [-0.25, -0.2) is 0 Å². The van der Waals surface area contributed by atoms with E-state index in [0.717, 1.165) is 30.3 Å². The number of rotatable bonds is 4. The molecule has 2 N–H and O–H groups in total. The largest absolute Gasteiger partial charge is 0.354 e. The van der Waals surface area contributed by atoms with Crippen LogP contribution in [0, 0.1) is 0 Å². The maximum atomic E-state index is 11.7. The molecule has 1 atom stereocenters. The summed E-state index contributed by atoms with van der Waals surface area (Å²) in [4.78, 5) is 11.7. The third-order valence-electron chi connectivity index (χ3n) is 3.03. The van der Waals surface area contributed by atoms with Gasteiger partial charge in [0, 0.05) is 11.0 Å². The van der Waals surface area contributed by atoms with Gasteiger partial charge in [0.25, 0.3) is 0 Å². The maximum absolute atomic E-state index is 11.7. The molecule has 1 heterocycles.